The third kappa shape index (κ3) is 3.97. The molecule has 3 fully saturated rings. The Kier molecular flexibility index (Phi) is 5.50. The van der Waals surface area contributed by atoms with Gasteiger partial charge in [-0.05, 0) is 38.7 Å². The van der Waals surface area contributed by atoms with Gasteiger partial charge in [0.05, 0.1) is 25.3 Å². The second-order valence-corrected chi connectivity index (χ2v) is 8.96. The average Bonchev–Trinajstić information content (AvgIpc) is 3.29. The molecule has 0 radical (unpaired) electrons. The van der Waals surface area contributed by atoms with Crippen molar-refractivity contribution >= 4 is 11.8 Å². The molecule has 0 N–H and O–H groups in total. The molecule has 2 aromatic rings. The molecule has 0 atom stereocenters. The topological polar surface area (TPSA) is 58.8 Å². The summed E-state index contributed by atoms with van der Waals surface area (Å²) in [6.45, 7) is 5.62. The molecule has 1 aromatic heterocycles. The highest BCUT2D eigenvalue weighted by Crippen LogP contribution is 2.38. The van der Waals surface area contributed by atoms with Crippen LogP contribution in [0.3, 0.4) is 0 Å². The Labute approximate surface area is 178 Å². The summed E-state index contributed by atoms with van der Waals surface area (Å²) < 4.78 is 11.5. The number of nitrogens with zero attached hydrogens (tertiary/aromatic N) is 3. The molecule has 1 aromatic carbocycles. The van der Waals surface area contributed by atoms with Gasteiger partial charge in [-0.2, -0.15) is 0 Å². The Balaban J connectivity index is 1.50. The molecular weight excluding hydrogens is 378 g/mol. The van der Waals surface area contributed by atoms with Gasteiger partial charge >= 0.3 is 0 Å². The minimum Gasteiger partial charge on any atom is -0.378 e. The van der Waals surface area contributed by atoms with Crippen LogP contribution in [0.5, 0.6) is 0 Å². The average molecular weight is 410 g/mol. The molecular formula is C24H31N3O3. The van der Waals surface area contributed by atoms with E-state index in [9.17, 15) is 4.79 Å². The number of carbonyl (C=O) groups is 1. The third-order valence-corrected chi connectivity index (χ3v) is 6.66. The lowest BCUT2D eigenvalue weighted by Gasteiger charge is -2.29. The van der Waals surface area contributed by atoms with E-state index in [4.69, 9.17) is 9.26 Å². The van der Waals surface area contributed by atoms with Crippen LogP contribution in [-0.4, -0.2) is 48.3 Å². The van der Waals surface area contributed by atoms with Gasteiger partial charge in [0.15, 0.2) is 0 Å². The van der Waals surface area contributed by atoms with E-state index < -0.39 is 0 Å². The maximum absolute atomic E-state index is 13.4. The number of morpholine rings is 1. The zero-order chi connectivity index (χ0) is 20.5. The fourth-order valence-corrected chi connectivity index (χ4v) is 4.83. The van der Waals surface area contributed by atoms with Crippen molar-refractivity contribution in [3.8, 4) is 11.3 Å². The van der Waals surface area contributed by atoms with E-state index in [-0.39, 0.29) is 5.92 Å². The van der Waals surface area contributed by atoms with Gasteiger partial charge in [0.1, 0.15) is 5.69 Å². The Hall–Kier alpha value is -2.34. The normalized spacial score (nSPS) is 20.0. The number of hydrogen-bond acceptors (Lipinski definition) is 5. The van der Waals surface area contributed by atoms with Crippen LogP contribution in [-0.2, 0) is 16.1 Å². The number of rotatable bonds is 6. The number of aryl methyl sites for hydroxylation is 1. The van der Waals surface area contributed by atoms with Crippen LogP contribution in [0.25, 0.3) is 11.3 Å². The molecule has 2 heterocycles. The molecule has 0 unspecified atom stereocenters. The first-order valence-electron chi connectivity index (χ1n) is 11.4. The number of ether oxygens (including phenoxy) is 1. The van der Waals surface area contributed by atoms with E-state index in [1.165, 1.54) is 18.4 Å². The van der Waals surface area contributed by atoms with Crippen molar-refractivity contribution in [3.63, 3.8) is 0 Å². The lowest BCUT2D eigenvalue weighted by Crippen LogP contribution is -2.39. The molecule has 3 aliphatic rings. The molecule has 1 saturated heterocycles. The predicted octanol–water partition coefficient (Wildman–Crippen LogP) is 4.17. The highest BCUT2D eigenvalue weighted by atomic mass is 16.5. The van der Waals surface area contributed by atoms with E-state index in [1.807, 2.05) is 0 Å². The SMILES string of the molecule is Cc1cccc(-c2noc(N3CCOCC3)c2CN(C(=O)C2CCCC2)C2CC2)c1. The van der Waals surface area contributed by atoms with Gasteiger partial charge in [-0.25, -0.2) is 0 Å². The molecule has 6 nitrogen and oxygen atoms in total. The number of aromatic nitrogens is 1. The maximum Gasteiger partial charge on any atom is 0.233 e. The van der Waals surface area contributed by atoms with Crippen LogP contribution in [0.2, 0.25) is 0 Å². The highest BCUT2D eigenvalue weighted by Gasteiger charge is 2.38. The summed E-state index contributed by atoms with van der Waals surface area (Å²) in [6, 6.07) is 8.74. The van der Waals surface area contributed by atoms with Crippen molar-refractivity contribution in [2.45, 2.75) is 58.0 Å². The van der Waals surface area contributed by atoms with E-state index in [2.05, 4.69) is 46.1 Å². The summed E-state index contributed by atoms with van der Waals surface area (Å²) >= 11 is 0. The zero-order valence-electron chi connectivity index (χ0n) is 17.8. The summed E-state index contributed by atoms with van der Waals surface area (Å²) in [5.74, 6) is 1.33. The number of carbonyl (C=O) groups excluding carboxylic acids is 1. The zero-order valence-corrected chi connectivity index (χ0v) is 17.8. The van der Waals surface area contributed by atoms with Gasteiger partial charge in [0, 0.05) is 30.6 Å². The monoisotopic (exact) mass is 409 g/mol. The van der Waals surface area contributed by atoms with Gasteiger partial charge in [0.2, 0.25) is 11.8 Å². The van der Waals surface area contributed by atoms with E-state index in [0.29, 0.717) is 31.7 Å². The first kappa shape index (κ1) is 19.6. The summed E-state index contributed by atoms with van der Waals surface area (Å²) in [5, 5.41) is 4.50. The fraction of sp³-hybridized carbons (Fsp3) is 0.583. The van der Waals surface area contributed by atoms with Crippen molar-refractivity contribution in [2.75, 3.05) is 31.2 Å². The van der Waals surface area contributed by atoms with Crippen molar-refractivity contribution in [3.05, 3.63) is 35.4 Å². The fourth-order valence-electron chi connectivity index (χ4n) is 4.83. The summed E-state index contributed by atoms with van der Waals surface area (Å²) in [5.41, 5.74) is 4.15. The minimum atomic E-state index is 0.194. The number of hydrogen-bond donors (Lipinski definition) is 0. The molecule has 0 spiro atoms. The Morgan fingerprint density at radius 3 is 2.63 bits per heavy atom. The maximum atomic E-state index is 13.4. The van der Waals surface area contributed by atoms with Crippen LogP contribution in [0.1, 0.15) is 49.7 Å². The van der Waals surface area contributed by atoms with Gasteiger partial charge in [-0.3, -0.25) is 4.79 Å². The number of amides is 1. The molecule has 2 saturated carbocycles. The lowest BCUT2D eigenvalue weighted by molar-refractivity contribution is -0.136. The molecule has 30 heavy (non-hydrogen) atoms. The van der Waals surface area contributed by atoms with Crippen LogP contribution in [0.4, 0.5) is 5.88 Å². The Morgan fingerprint density at radius 2 is 1.93 bits per heavy atom. The molecule has 0 bridgehead atoms. The van der Waals surface area contributed by atoms with Gasteiger partial charge in [-0.15, -0.1) is 0 Å². The van der Waals surface area contributed by atoms with E-state index >= 15 is 0 Å². The second kappa shape index (κ2) is 8.42. The largest absolute Gasteiger partial charge is 0.378 e. The molecule has 6 heteroatoms. The number of benzene rings is 1. The van der Waals surface area contributed by atoms with Crippen molar-refractivity contribution in [1.82, 2.24) is 10.1 Å². The lowest BCUT2D eigenvalue weighted by atomic mass is 10.0. The Morgan fingerprint density at radius 1 is 1.17 bits per heavy atom. The summed E-state index contributed by atoms with van der Waals surface area (Å²) in [7, 11) is 0. The van der Waals surface area contributed by atoms with Crippen LogP contribution >= 0.6 is 0 Å². The van der Waals surface area contributed by atoms with Crippen LogP contribution in [0.15, 0.2) is 28.8 Å². The van der Waals surface area contributed by atoms with Gasteiger partial charge in [0.25, 0.3) is 0 Å². The first-order valence-corrected chi connectivity index (χ1v) is 11.4. The molecule has 1 aliphatic heterocycles. The quantitative estimate of drug-likeness (QED) is 0.717. The summed E-state index contributed by atoms with van der Waals surface area (Å²) in [4.78, 5) is 17.7. The molecule has 5 rings (SSSR count). The van der Waals surface area contributed by atoms with Gasteiger partial charge < -0.3 is 19.1 Å². The number of anilines is 1. The minimum absolute atomic E-state index is 0.194. The van der Waals surface area contributed by atoms with Crippen LogP contribution < -0.4 is 4.90 Å². The first-order chi connectivity index (χ1) is 14.7. The van der Waals surface area contributed by atoms with Crippen molar-refractivity contribution in [1.29, 1.82) is 0 Å². The van der Waals surface area contributed by atoms with Crippen LogP contribution in [0, 0.1) is 12.8 Å². The summed E-state index contributed by atoms with van der Waals surface area (Å²) in [6.07, 6.45) is 6.64. The standard InChI is InChI=1S/C24H31N3O3/c1-17-5-4-8-19(15-17)22-21(24(30-25-22)26-11-13-29-14-12-26)16-27(20-9-10-20)23(28)18-6-2-3-7-18/h4-5,8,15,18,20H,2-3,6-7,9-14,16H2,1H3. The molecule has 160 valence electrons. The molecule has 2 aliphatic carbocycles. The van der Waals surface area contributed by atoms with E-state index in [0.717, 1.165) is 61.5 Å². The molecule has 1 amide bonds. The third-order valence-electron chi connectivity index (χ3n) is 6.66. The smallest absolute Gasteiger partial charge is 0.233 e. The van der Waals surface area contributed by atoms with Gasteiger partial charge in [-0.1, -0.05) is 41.8 Å². The van der Waals surface area contributed by atoms with E-state index in [1.54, 1.807) is 0 Å². The predicted molar refractivity (Wildman–Crippen MR) is 115 cm³/mol. The second-order valence-electron chi connectivity index (χ2n) is 8.96. The van der Waals surface area contributed by atoms with Crippen molar-refractivity contribution < 1.29 is 14.1 Å². The highest BCUT2D eigenvalue weighted by molar-refractivity contribution is 5.80. The Bertz CT molecular complexity index is 893. The van der Waals surface area contributed by atoms with Crippen molar-refractivity contribution in [2.24, 2.45) is 5.92 Å².